The number of amides is 1. The number of hydrogen-bond donors (Lipinski definition) is 0. The molecule has 4 aromatic rings. The lowest BCUT2D eigenvalue weighted by Gasteiger charge is -2.19. The molecular formula is C19H12Cl3N3OS2. The maximum atomic E-state index is 13.3. The number of hydrogen-bond acceptors (Lipinski definition) is 5. The molecule has 0 bridgehead atoms. The van der Waals surface area contributed by atoms with Gasteiger partial charge in [-0.2, -0.15) is 0 Å². The molecule has 0 spiro atoms. The van der Waals surface area contributed by atoms with Gasteiger partial charge in [0.15, 0.2) is 5.13 Å². The molecule has 9 heteroatoms. The summed E-state index contributed by atoms with van der Waals surface area (Å²) in [7, 11) is 0. The molecule has 142 valence electrons. The van der Waals surface area contributed by atoms with Crippen LogP contribution in [0.1, 0.15) is 21.6 Å². The Hall–Kier alpha value is -1.70. The third kappa shape index (κ3) is 3.88. The second-order valence-electron chi connectivity index (χ2n) is 6.02. The average molecular weight is 469 g/mol. The Balaban J connectivity index is 1.82. The molecule has 0 atom stereocenters. The van der Waals surface area contributed by atoms with Crippen molar-refractivity contribution in [2.24, 2.45) is 0 Å². The first kappa shape index (κ1) is 19.6. The van der Waals surface area contributed by atoms with E-state index in [0.29, 0.717) is 24.4 Å². The fourth-order valence-electron chi connectivity index (χ4n) is 2.77. The monoisotopic (exact) mass is 467 g/mol. The van der Waals surface area contributed by atoms with Gasteiger partial charge in [-0.05, 0) is 42.8 Å². The highest BCUT2D eigenvalue weighted by atomic mass is 35.5. The lowest BCUT2D eigenvalue weighted by molar-refractivity contribution is 0.0985. The molecule has 3 aromatic heterocycles. The molecule has 0 saturated carbocycles. The van der Waals surface area contributed by atoms with Crippen LogP contribution in [0.25, 0.3) is 10.2 Å². The number of carbonyl (C=O) groups is 1. The quantitative estimate of drug-likeness (QED) is 0.328. The number of aryl methyl sites for hydroxylation is 1. The summed E-state index contributed by atoms with van der Waals surface area (Å²) in [5, 5.41) is 1.19. The van der Waals surface area contributed by atoms with Gasteiger partial charge in [0.1, 0.15) is 4.34 Å². The third-order valence-electron chi connectivity index (χ3n) is 4.05. The Morgan fingerprint density at radius 1 is 1.14 bits per heavy atom. The second-order valence-corrected chi connectivity index (χ2v) is 9.75. The molecule has 3 heterocycles. The van der Waals surface area contributed by atoms with E-state index in [2.05, 4.69) is 4.98 Å². The third-order valence-corrected chi connectivity index (χ3v) is 6.78. The summed E-state index contributed by atoms with van der Waals surface area (Å²) in [6.07, 6.45) is 1.69. The molecular weight excluding hydrogens is 457 g/mol. The van der Waals surface area contributed by atoms with Crippen LogP contribution in [0, 0.1) is 6.92 Å². The lowest BCUT2D eigenvalue weighted by Crippen LogP contribution is -2.30. The normalized spacial score (nSPS) is 11.1. The number of halogens is 3. The van der Waals surface area contributed by atoms with Gasteiger partial charge < -0.3 is 0 Å². The Labute approximate surface area is 184 Å². The van der Waals surface area contributed by atoms with E-state index in [1.165, 1.54) is 11.3 Å². The van der Waals surface area contributed by atoms with Crippen LogP contribution in [0.2, 0.25) is 13.7 Å². The maximum absolute atomic E-state index is 13.3. The van der Waals surface area contributed by atoms with Crippen molar-refractivity contribution in [2.75, 3.05) is 4.90 Å². The van der Waals surface area contributed by atoms with Crippen molar-refractivity contribution in [1.29, 1.82) is 0 Å². The van der Waals surface area contributed by atoms with E-state index in [0.717, 1.165) is 32.8 Å². The van der Waals surface area contributed by atoms with Gasteiger partial charge in [-0.1, -0.05) is 52.2 Å². The van der Waals surface area contributed by atoms with Crippen molar-refractivity contribution < 1.29 is 4.79 Å². The standard InChI is InChI=1S/C19H12Cl3N3OS2/c1-10-6-11(20)7-14-16(10)24-19(27-14)25(9-12-4-2-3-5-23-12)18(26)13-8-15(21)28-17(13)22/h2-8H,9H2,1H3. The van der Waals surface area contributed by atoms with Crippen LogP contribution in [0.5, 0.6) is 0 Å². The van der Waals surface area contributed by atoms with Gasteiger partial charge in [-0.15, -0.1) is 11.3 Å². The number of nitrogens with zero attached hydrogens (tertiary/aromatic N) is 3. The summed E-state index contributed by atoms with van der Waals surface area (Å²) in [5.41, 5.74) is 2.86. The van der Waals surface area contributed by atoms with Crippen LogP contribution in [0.4, 0.5) is 5.13 Å². The number of thiophene rings is 1. The summed E-state index contributed by atoms with van der Waals surface area (Å²) < 4.78 is 1.72. The highest BCUT2D eigenvalue weighted by Gasteiger charge is 2.26. The summed E-state index contributed by atoms with van der Waals surface area (Å²) in [4.78, 5) is 23.9. The first-order chi connectivity index (χ1) is 13.4. The van der Waals surface area contributed by atoms with Gasteiger partial charge in [-0.25, -0.2) is 4.98 Å². The number of fused-ring (bicyclic) bond motifs is 1. The van der Waals surface area contributed by atoms with Crippen LogP contribution < -0.4 is 4.90 Å². The first-order valence-corrected chi connectivity index (χ1v) is 10.9. The van der Waals surface area contributed by atoms with Crippen molar-refractivity contribution in [3.05, 3.63) is 73.1 Å². The van der Waals surface area contributed by atoms with E-state index in [1.807, 2.05) is 37.3 Å². The van der Waals surface area contributed by atoms with Gasteiger partial charge >= 0.3 is 0 Å². The van der Waals surface area contributed by atoms with Crippen molar-refractivity contribution in [2.45, 2.75) is 13.5 Å². The molecule has 0 aliphatic rings. The highest BCUT2D eigenvalue weighted by Crippen LogP contribution is 2.37. The van der Waals surface area contributed by atoms with Gasteiger partial charge in [0.2, 0.25) is 0 Å². The summed E-state index contributed by atoms with van der Waals surface area (Å²) in [6, 6.07) is 10.8. The van der Waals surface area contributed by atoms with Crippen molar-refractivity contribution in [3.8, 4) is 0 Å². The molecule has 0 N–H and O–H groups in total. The number of anilines is 1. The highest BCUT2D eigenvalue weighted by molar-refractivity contribution is 7.22. The fourth-order valence-corrected chi connectivity index (χ4v) is 5.64. The van der Waals surface area contributed by atoms with Gasteiger partial charge in [0.05, 0.1) is 32.4 Å². The van der Waals surface area contributed by atoms with Crippen LogP contribution in [-0.4, -0.2) is 15.9 Å². The zero-order valence-electron chi connectivity index (χ0n) is 14.4. The van der Waals surface area contributed by atoms with Crippen molar-refractivity contribution >= 4 is 78.7 Å². The smallest absolute Gasteiger partial charge is 0.262 e. The predicted octanol–water partition coefficient (Wildman–Crippen LogP) is 6.87. The Bertz CT molecular complexity index is 1170. The molecule has 28 heavy (non-hydrogen) atoms. The van der Waals surface area contributed by atoms with Crippen molar-refractivity contribution in [3.63, 3.8) is 0 Å². The number of pyridine rings is 1. The Kier molecular flexibility index (Phi) is 5.58. The number of thiazole rings is 1. The Morgan fingerprint density at radius 3 is 2.64 bits per heavy atom. The zero-order valence-corrected chi connectivity index (χ0v) is 18.3. The molecule has 4 nitrogen and oxygen atoms in total. The van der Waals surface area contributed by atoms with E-state index in [-0.39, 0.29) is 12.5 Å². The molecule has 1 aromatic carbocycles. The van der Waals surface area contributed by atoms with E-state index in [4.69, 9.17) is 39.8 Å². The van der Waals surface area contributed by atoms with E-state index >= 15 is 0 Å². The maximum Gasteiger partial charge on any atom is 0.262 e. The average Bonchev–Trinajstić information content (AvgIpc) is 3.22. The molecule has 0 fully saturated rings. The van der Waals surface area contributed by atoms with Crippen LogP contribution in [-0.2, 0) is 6.54 Å². The van der Waals surface area contributed by atoms with Crippen LogP contribution in [0.3, 0.4) is 0 Å². The second kappa shape index (κ2) is 7.97. The number of rotatable bonds is 4. The topological polar surface area (TPSA) is 46.1 Å². The zero-order chi connectivity index (χ0) is 19.8. The largest absolute Gasteiger partial charge is 0.278 e. The van der Waals surface area contributed by atoms with Gasteiger partial charge in [0, 0.05) is 11.2 Å². The van der Waals surface area contributed by atoms with Gasteiger partial charge in [0.25, 0.3) is 5.91 Å². The van der Waals surface area contributed by atoms with Crippen LogP contribution in [0.15, 0.2) is 42.6 Å². The summed E-state index contributed by atoms with van der Waals surface area (Å²) >= 11 is 21.0. The van der Waals surface area contributed by atoms with E-state index in [9.17, 15) is 4.79 Å². The molecule has 0 aliphatic carbocycles. The number of benzene rings is 1. The summed E-state index contributed by atoms with van der Waals surface area (Å²) in [6.45, 7) is 2.20. The SMILES string of the molecule is Cc1cc(Cl)cc2sc(N(Cc3ccccn3)C(=O)c3cc(Cl)sc3Cl)nc12. The molecule has 0 aliphatic heterocycles. The minimum Gasteiger partial charge on any atom is -0.278 e. The first-order valence-electron chi connectivity index (χ1n) is 8.15. The fraction of sp³-hybridized carbons (Fsp3) is 0.105. The minimum atomic E-state index is -0.276. The Morgan fingerprint density at radius 2 is 1.96 bits per heavy atom. The number of carbonyl (C=O) groups excluding carboxylic acids is 1. The molecule has 1 amide bonds. The van der Waals surface area contributed by atoms with Crippen molar-refractivity contribution in [1.82, 2.24) is 9.97 Å². The molecule has 0 saturated heterocycles. The predicted molar refractivity (Wildman–Crippen MR) is 118 cm³/mol. The molecule has 0 radical (unpaired) electrons. The van der Waals surface area contributed by atoms with Gasteiger partial charge in [-0.3, -0.25) is 14.7 Å². The van der Waals surface area contributed by atoms with E-state index in [1.54, 1.807) is 17.2 Å². The van der Waals surface area contributed by atoms with E-state index < -0.39 is 0 Å². The number of aromatic nitrogens is 2. The minimum absolute atomic E-state index is 0.260. The molecule has 4 rings (SSSR count). The molecule has 0 unspecified atom stereocenters. The lowest BCUT2D eigenvalue weighted by atomic mass is 10.2. The van der Waals surface area contributed by atoms with Crippen LogP contribution >= 0.6 is 57.5 Å². The summed E-state index contributed by atoms with van der Waals surface area (Å²) in [5.74, 6) is -0.276.